The van der Waals surface area contributed by atoms with Crippen molar-refractivity contribution in [1.82, 2.24) is 0 Å². The quantitative estimate of drug-likeness (QED) is 0.650. The fourth-order valence-corrected chi connectivity index (χ4v) is 6.23. The zero-order valence-corrected chi connectivity index (χ0v) is 11.1. The molecule has 2 heteroatoms. The summed E-state index contributed by atoms with van der Waals surface area (Å²) in [5.74, 6) is 1.91. The lowest BCUT2D eigenvalue weighted by Crippen LogP contribution is -2.50. The molecule has 2 heterocycles. The number of para-hydroxylation sites is 1. The second-order valence-corrected chi connectivity index (χ2v) is 7.24. The first-order chi connectivity index (χ1) is 8.92. The maximum Gasteiger partial charge on any atom is 0.226 e. The first kappa shape index (κ1) is 9.85. The van der Waals surface area contributed by atoms with Gasteiger partial charge in [-0.05, 0) is 43.4 Å². The van der Waals surface area contributed by atoms with Crippen LogP contribution in [0.15, 0.2) is 41.4 Å². The molecule has 1 nitrogen and oxygen atoms in total. The van der Waals surface area contributed by atoms with Gasteiger partial charge in [0.05, 0.1) is 10.1 Å². The van der Waals surface area contributed by atoms with Crippen molar-refractivity contribution in [2.75, 3.05) is 0 Å². The Morgan fingerprint density at radius 3 is 2.94 bits per heavy atom. The van der Waals surface area contributed by atoms with Gasteiger partial charge in [-0.1, -0.05) is 6.07 Å². The van der Waals surface area contributed by atoms with Gasteiger partial charge in [-0.25, -0.2) is 0 Å². The van der Waals surface area contributed by atoms with Gasteiger partial charge >= 0.3 is 0 Å². The van der Waals surface area contributed by atoms with Crippen LogP contribution in [0.2, 0.25) is 0 Å². The van der Waals surface area contributed by atoms with Gasteiger partial charge in [0.2, 0.25) is 5.52 Å². The van der Waals surface area contributed by atoms with Crippen molar-refractivity contribution in [3.8, 4) is 0 Å². The average molecular weight is 254 g/mol. The fourth-order valence-electron chi connectivity index (χ4n) is 4.51. The molecule has 1 aliphatic heterocycles. The fraction of sp³-hybridized carbons (Fsp3) is 0.438. The van der Waals surface area contributed by atoms with Crippen LogP contribution in [0, 0.1) is 11.8 Å². The molecule has 2 aromatic rings. The lowest BCUT2D eigenvalue weighted by atomic mass is 9.93. The van der Waals surface area contributed by atoms with E-state index in [4.69, 9.17) is 0 Å². The Balaban J connectivity index is 1.83. The van der Waals surface area contributed by atoms with Crippen LogP contribution in [-0.4, -0.2) is 5.25 Å². The minimum atomic E-state index is 0.771. The highest BCUT2D eigenvalue weighted by molar-refractivity contribution is 8.00. The molecule has 4 atom stereocenters. The van der Waals surface area contributed by atoms with Crippen molar-refractivity contribution in [2.24, 2.45) is 11.8 Å². The highest BCUT2D eigenvalue weighted by Gasteiger charge is 2.55. The lowest BCUT2D eigenvalue weighted by Gasteiger charge is -2.30. The molecular weight excluding hydrogens is 238 g/mol. The van der Waals surface area contributed by atoms with Crippen molar-refractivity contribution in [3.05, 3.63) is 36.5 Å². The van der Waals surface area contributed by atoms with E-state index in [0.29, 0.717) is 0 Å². The summed E-state index contributed by atoms with van der Waals surface area (Å²) in [6.45, 7) is 0. The summed E-state index contributed by atoms with van der Waals surface area (Å²) in [4.78, 5) is 1.50. The molecule has 0 unspecified atom stereocenters. The third-order valence-electron chi connectivity index (χ3n) is 5.19. The summed E-state index contributed by atoms with van der Waals surface area (Å²) in [6, 6.07) is 12.0. The minimum absolute atomic E-state index is 0.771. The molecule has 3 aliphatic rings. The van der Waals surface area contributed by atoms with Crippen LogP contribution in [0.1, 0.15) is 25.3 Å². The number of aromatic nitrogens is 1. The van der Waals surface area contributed by atoms with Gasteiger partial charge in [0.15, 0.2) is 12.2 Å². The average Bonchev–Trinajstić information content (AvgIpc) is 3.01. The largest absolute Gasteiger partial charge is 0.226 e. The topological polar surface area (TPSA) is 3.88 Å². The van der Waals surface area contributed by atoms with Crippen molar-refractivity contribution >= 4 is 22.7 Å². The van der Waals surface area contributed by atoms with Crippen LogP contribution in [0.3, 0.4) is 0 Å². The number of hydrogen-bond acceptors (Lipinski definition) is 1. The third-order valence-corrected chi connectivity index (χ3v) is 6.71. The van der Waals surface area contributed by atoms with Crippen molar-refractivity contribution in [3.63, 3.8) is 0 Å². The van der Waals surface area contributed by atoms with Gasteiger partial charge < -0.3 is 0 Å². The normalized spacial score (nSPS) is 36.0. The van der Waals surface area contributed by atoms with Gasteiger partial charge in [0.1, 0.15) is 0 Å². The first-order valence-electron chi connectivity index (χ1n) is 7.01. The smallest absolute Gasteiger partial charge is 0.193 e. The van der Waals surface area contributed by atoms with E-state index in [1.54, 1.807) is 0 Å². The number of thioether (sulfide) groups is 1. The molecule has 2 saturated carbocycles. The Labute approximate surface area is 111 Å². The van der Waals surface area contributed by atoms with Crippen LogP contribution < -0.4 is 4.57 Å². The second-order valence-electron chi connectivity index (χ2n) is 6.02. The van der Waals surface area contributed by atoms with Crippen molar-refractivity contribution in [1.29, 1.82) is 0 Å². The van der Waals surface area contributed by atoms with Gasteiger partial charge in [0.25, 0.3) is 0 Å². The number of fused-ring (bicyclic) bond motifs is 6. The van der Waals surface area contributed by atoms with Gasteiger partial charge in [-0.3, -0.25) is 0 Å². The summed E-state index contributed by atoms with van der Waals surface area (Å²) < 4.78 is 2.61. The molecule has 18 heavy (non-hydrogen) atoms. The highest BCUT2D eigenvalue weighted by atomic mass is 32.2. The Bertz CT molecular complexity index is 645. The molecule has 0 radical (unpaired) electrons. The summed E-state index contributed by atoms with van der Waals surface area (Å²) in [6.07, 6.45) is 6.72. The molecule has 90 valence electrons. The third kappa shape index (κ3) is 1.08. The van der Waals surface area contributed by atoms with E-state index >= 15 is 0 Å². The van der Waals surface area contributed by atoms with E-state index in [9.17, 15) is 0 Å². The maximum atomic E-state index is 2.61. The van der Waals surface area contributed by atoms with E-state index in [1.807, 2.05) is 0 Å². The van der Waals surface area contributed by atoms with Gasteiger partial charge in [0, 0.05) is 17.4 Å². The Hall–Kier alpha value is -1.02. The Kier molecular flexibility index (Phi) is 1.80. The van der Waals surface area contributed by atoms with Gasteiger partial charge in [-0.2, -0.15) is 4.57 Å². The standard InChI is InChI=1S/C16H16NS/c1-3-10-4-2-8-17-14(10)13(5-1)18-16-12-7-6-11(9-12)15(16)17/h1-5,8,11-12,15-16H,6-7,9H2/q+1/t11-,12-,15-,16-/m0/s1. The molecule has 1 aromatic carbocycles. The molecule has 2 fully saturated rings. The summed E-state index contributed by atoms with van der Waals surface area (Å²) in [5.41, 5.74) is 1.49. The predicted octanol–water partition coefficient (Wildman–Crippen LogP) is 3.57. The summed E-state index contributed by atoms with van der Waals surface area (Å²) in [5, 5.41) is 2.25. The molecule has 2 aliphatic carbocycles. The van der Waals surface area contributed by atoms with E-state index in [0.717, 1.165) is 23.1 Å². The Morgan fingerprint density at radius 2 is 1.94 bits per heavy atom. The maximum absolute atomic E-state index is 2.61. The van der Waals surface area contributed by atoms with E-state index < -0.39 is 0 Å². The molecule has 1 aromatic heterocycles. The minimum Gasteiger partial charge on any atom is -0.193 e. The van der Waals surface area contributed by atoms with Gasteiger partial charge in [-0.15, -0.1) is 11.8 Å². The SMILES string of the molecule is c1cc2c3c(c1)ccc[n+]3[C@H]1[C@H]3CC[C@@H](C3)[C@@H]1S2. The zero-order chi connectivity index (χ0) is 11.7. The van der Waals surface area contributed by atoms with Crippen LogP contribution in [0.4, 0.5) is 0 Å². The number of rotatable bonds is 0. The summed E-state index contributed by atoms with van der Waals surface area (Å²) in [7, 11) is 0. The molecule has 0 N–H and O–H groups in total. The van der Waals surface area contributed by atoms with E-state index in [-0.39, 0.29) is 0 Å². The molecule has 0 amide bonds. The monoisotopic (exact) mass is 254 g/mol. The number of nitrogens with zero attached hydrogens (tertiary/aromatic N) is 1. The van der Waals surface area contributed by atoms with Crippen molar-refractivity contribution in [2.45, 2.75) is 35.4 Å². The van der Waals surface area contributed by atoms with Crippen molar-refractivity contribution < 1.29 is 4.57 Å². The molecular formula is C16H16NS+. The number of benzene rings is 1. The molecule has 5 rings (SSSR count). The number of pyridine rings is 1. The molecule has 0 spiro atoms. The zero-order valence-electron chi connectivity index (χ0n) is 10.3. The van der Waals surface area contributed by atoms with Crippen LogP contribution >= 0.6 is 11.8 Å². The molecule has 0 saturated heterocycles. The molecule has 2 bridgehead atoms. The van der Waals surface area contributed by atoms with E-state index in [2.05, 4.69) is 52.9 Å². The predicted molar refractivity (Wildman–Crippen MR) is 73.7 cm³/mol. The van der Waals surface area contributed by atoms with Crippen LogP contribution in [0.25, 0.3) is 10.9 Å². The first-order valence-corrected chi connectivity index (χ1v) is 7.89. The summed E-state index contributed by atoms with van der Waals surface area (Å²) >= 11 is 2.16. The highest BCUT2D eigenvalue weighted by Crippen LogP contribution is 2.57. The van der Waals surface area contributed by atoms with E-state index in [1.165, 1.54) is 35.1 Å². The lowest BCUT2D eigenvalue weighted by molar-refractivity contribution is -0.705. The van der Waals surface area contributed by atoms with Crippen LogP contribution in [-0.2, 0) is 0 Å². The Morgan fingerprint density at radius 1 is 1.06 bits per heavy atom. The number of hydrogen-bond donors (Lipinski definition) is 0. The second kappa shape index (κ2) is 3.30. The van der Waals surface area contributed by atoms with Crippen LogP contribution in [0.5, 0.6) is 0 Å².